The molecule has 1 aliphatic heterocycles. The predicted octanol–water partition coefficient (Wildman–Crippen LogP) is 4.74. The van der Waals surface area contributed by atoms with Crippen LogP contribution in [0.2, 0.25) is 0 Å². The van der Waals surface area contributed by atoms with E-state index in [-0.39, 0.29) is 5.54 Å². The Morgan fingerprint density at radius 2 is 1.68 bits per heavy atom. The SMILES string of the molecule is C=CC1CCCCC(C(C)(N)CC(C)N2CCCC2)CCC1. The normalized spacial score (nSPS) is 32.5. The van der Waals surface area contributed by atoms with E-state index in [0.717, 1.165) is 12.3 Å². The first-order chi connectivity index (χ1) is 10.5. The van der Waals surface area contributed by atoms with Crippen molar-refractivity contribution in [2.24, 2.45) is 17.6 Å². The second-order valence-corrected chi connectivity index (χ2v) is 8.21. The summed E-state index contributed by atoms with van der Waals surface area (Å²) in [6.07, 6.45) is 15.4. The van der Waals surface area contributed by atoms with Crippen molar-refractivity contribution in [3.8, 4) is 0 Å². The fourth-order valence-corrected chi connectivity index (χ4v) is 4.72. The van der Waals surface area contributed by atoms with E-state index in [1.807, 2.05) is 0 Å². The zero-order valence-electron chi connectivity index (χ0n) is 15.0. The highest BCUT2D eigenvalue weighted by Crippen LogP contribution is 2.34. The molecular weight excluding hydrogens is 268 g/mol. The van der Waals surface area contributed by atoms with Crippen molar-refractivity contribution < 1.29 is 0 Å². The molecule has 2 fully saturated rings. The van der Waals surface area contributed by atoms with Gasteiger partial charge < -0.3 is 10.6 Å². The maximum atomic E-state index is 6.85. The van der Waals surface area contributed by atoms with Crippen LogP contribution < -0.4 is 5.73 Å². The molecule has 1 heterocycles. The molecule has 2 N–H and O–H groups in total. The highest BCUT2D eigenvalue weighted by Gasteiger charge is 2.33. The summed E-state index contributed by atoms with van der Waals surface area (Å²) in [5.41, 5.74) is 6.85. The lowest BCUT2D eigenvalue weighted by Crippen LogP contribution is -2.49. The molecule has 2 rings (SSSR count). The molecule has 0 radical (unpaired) electrons. The predicted molar refractivity (Wildman–Crippen MR) is 97.0 cm³/mol. The average Bonchev–Trinajstić information content (AvgIpc) is 3.03. The second kappa shape index (κ2) is 8.49. The number of hydrogen-bond donors (Lipinski definition) is 1. The molecule has 1 saturated carbocycles. The van der Waals surface area contributed by atoms with Gasteiger partial charge in [-0.1, -0.05) is 25.3 Å². The van der Waals surface area contributed by atoms with Gasteiger partial charge in [-0.15, -0.1) is 6.58 Å². The van der Waals surface area contributed by atoms with Gasteiger partial charge in [-0.3, -0.25) is 0 Å². The Morgan fingerprint density at radius 3 is 2.36 bits per heavy atom. The van der Waals surface area contributed by atoms with Gasteiger partial charge in [0.05, 0.1) is 0 Å². The summed E-state index contributed by atoms with van der Waals surface area (Å²) in [5.74, 6) is 1.44. The van der Waals surface area contributed by atoms with Crippen LogP contribution in [0.5, 0.6) is 0 Å². The van der Waals surface area contributed by atoms with Crippen LogP contribution in [0.25, 0.3) is 0 Å². The van der Waals surface area contributed by atoms with Gasteiger partial charge in [0.2, 0.25) is 0 Å². The largest absolute Gasteiger partial charge is 0.325 e. The summed E-state index contributed by atoms with van der Waals surface area (Å²) in [4.78, 5) is 2.65. The Hall–Kier alpha value is -0.340. The lowest BCUT2D eigenvalue weighted by atomic mass is 9.76. The number of likely N-dealkylation sites (tertiary alicyclic amines) is 1. The quantitative estimate of drug-likeness (QED) is 0.743. The highest BCUT2D eigenvalue weighted by atomic mass is 15.2. The number of hydrogen-bond acceptors (Lipinski definition) is 2. The van der Waals surface area contributed by atoms with Crippen molar-refractivity contribution in [2.75, 3.05) is 13.1 Å². The molecule has 0 amide bonds. The van der Waals surface area contributed by atoms with Crippen molar-refractivity contribution in [2.45, 2.75) is 89.6 Å². The van der Waals surface area contributed by atoms with E-state index < -0.39 is 0 Å². The average molecular weight is 307 g/mol. The van der Waals surface area contributed by atoms with Gasteiger partial charge in [-0.25, -0.2) is 0 Å². The molecule has 2 nitrogen and oxygen atoms in total. The Labute approximate surface area is 138 Å². The lowest BCUT2D eigenvalue weighted by Gasteiger charge is -2.39. The number of allylic oxidation sites excluding steroid dienone is 1. The fraction of sp³-hybridized carbons (Fsp3) is 0.900. The fourth-order valence-electron chi connectivity index (χ4n) is 4.72. The highest BCUT2D eigenvalue weighted by molar-refractivity contribution is 4.92. The Bertz CT molecular complexity index is 331. The van der Waals surface area contributed by atoms with Crippen LogP contribution in [-0.2, 0) is 0 Å². The van der Waals surface area contributed by atoms with E-state index in [1.54, 1.807) is 0 Å². The van der Waals surface area contributed by atoms with Crippen LogP contribution >= 0.6 is 0 Å². The molecule has 2 heteroatoms. The lowest BCUT2D eigenvalue weighted by molar-refractivity contribution is 0.162. The third kappa shape index (κ3) is 5.09. The first-order valence-electron chi connectivity index (χ1n) is 9.68. The number of nitrogens with two attached hydrogens (primary N) is 1. The monoisotopic (exact) mass is 306 g/mol. The first kappa shape index (κ1) is 18.0. The zero-order valence-corrected chi connectivity index (χ0v) is 15.0. The number of rotatable bonds is 5. The summed E-state index contributed by atoms with van der Waals surface area (Å²) < 4.78 is 0. The van der Waals surface area contributed by atoms with Gasteiger partial charge in [-0.05, 0) is 83.7 Å². The van der Waals surface area contributed by atoms with Crippen LogP contribution in [-0.4, -0.2) is 29.6 Å². The van der Waals surface area contributed by atoms with E-state index in [9.17, 15) is 0 Å². The van der Waals surface area contributed by atoms with E-state index in [1.165, 1.54) is 70.9 Å². The molecule has 1 saturated heterocycles. The molecule has 0 aromatic rings. The summed E-state index contributed by atoms with van der Waals surface area (Å²) in [6.45, 7) is 11.3. The standard InChI is InChI=1S/C20H38N2/c1-4-18-10-5-6-12-19(13-9-11-18)20(3,21)16-17(2)22-14-7-8-15-22/h4,17-19H,1,5-16,21H2,2-3H3. The van der Waals surface area contributed by atoms with E-state index in [2.05, 4.69) is 31.4 Å². The van der Waals surface area contributed by atoms with E-state index in [0.29, 0.717) is 12.0 Å². The van der Waals surface area contributed by atoms with Crippen molar-refractivity contribution in [3.05, 3.63) is 12.7 Å². The first-order valence-corrected chi connectivity index (χ1v) is 9.68. The molecule has 0 spiro atoms. The minimum absolute atomic E-state index is 0.00395. The third-order valence-electron chi connectivity index (χ3n) is 6.27. The van der Waals surface area contributed by atoms with E-state index in [4.69, 9.17) is 5.73 Å². The molecule has 0 bridgehead atoms. The van der Waals surface area contributed by atoms with Crippen LogP contribution in [0.3, 0.4) is 0 Å². The van der Waals surface area contributed by atoms with Crippen molar-refractivity contribution in [1.29, 1.82) is 0 Å². The van der Waals surface area contributed by atoms with Gasteiger partial charge in [0.15, 0.2) is 0 Å². The van der Waals surface area contributed by atoms with Crippen LogP contribution in [0.4, 0.5) is 0 Å². The van der Waals surface area contributed by atoms with Gasteiger partial charge in [0, 0.05) is 11.6 Å². The Kier molecular flexibility index (Phi) is 6.95. The van der Waals surface area contributed by atoms with Gasteiger partial charge in [-0.2, -0.15) is 0 Å². The molecule has 2 aliphatic rings. The van der Waals surface area contributed by atoms with Gasteiger partial charge in [0.1, 0.15) is 0 Å². The Balaban J connectivity index is 1.89. The molecule has 4 unspecified atom stereocenters. The zero-order chi connectivity index (χ0) is 16.0. The molecule has 4 atom stereocenters. The molecular formula is C20H38N2. The van der Waals surface area contributed by atoms with Crippen LogP contribution in [0.15, 0.2) is 12.7 Å². The maximum absolute atomic E-state index is 6.85. The maximum Gasteiger partial charge on any atom is 0.0169 e. The van der Waals surface area contributed by atoms with Gasteiger partial charge in [0.25, 0.3) is 0 Å². The van der Waals surface area contributed by atoms with Crippen molar-refractivity contribution >= 4 is 0 Å². The van der Waals surface area contributed by atoms with Crippen LogP contribution in [0.1, 0.15) is 78.1 Å². The summed E-state index contributed by atoms with van der Waals surface area (Å²) in [6, 6.07) is 0.644. The molecule has 22 heavy (non-hydrogen) atoms. The number of nitrogens with zero attached hydrogens (tertiary/aromatic N) is 1. The minimum Gasteiger partial charge on any atom is -0.325 e. The smallest absolute Gasteiger partial charge is 0.0169 e. The van der Waals surface area contributed by atoms with E-state index >= 15 is 0 Å². The molecule has 1 aliphatic carbocycles. The minimum atomic E-state index is -0.00395. The molecule has 0 aromatic carbocycles. The summed E-state index contributed by atoms with van der Waals surface area (Å²) in [5, 5.41) is 0. The van der Waals surface area contributed by atoms with Crippen LogP contribution in [0, 0.1) is 11.8 Å². The molecule has 0 aromatic heterocycles. The van der Waals surface area contributed by atoms with Gasteiger partial charge >= 0.3 is 0 Å². The van der Waals surface area contributed by atoms with Crippen molar-refractivity contribution in [3.63, 3.8) is 0 Å². The topological polar surface area (TPSA) is 29.3 Å². The summed E-state index contributed by atoms with van der Waals surface area (Å²) in [7, 11) is 0. The summed E-state index contributed by atoms with van der Waals surface area (Å²) >= 11 is 0. The second-order valence-electron chi connectivity index (χ2n) is 8.21. The van der Waals surface area contributed by atoms with Crippen molar-refractivity contribution in [1.82, 2.24) is 4.90 Å². The Morgan fingerprint density at radius 1 is 1.09 bits per heavy atom. The molecule has 128 valence electrons. The third-order valence-corrected chi connectivity index (χ3v) is 6.27.